The molecule has 2 aliphatic rings. The number of nitrogens with zero attached hydrogens (tertiary/aromatic N) is 4. The Morgan fingerprint density at radius 1 is 1.10 bits per heavy atom. The van der Waals surface area contributed by atoms with Crippen molar-refractivity contribution >= 4 is 5.91 Å². The lowest BCUT2D eigenvalue weighted by Gasteiger charge is -2.28. The van der Waals surface area contributed by atoms with Gasteiger partial charge in [-0.05, 0) is 48.1 Å². The van der Waals surface area contributed by atoms with Crippen molar-refractivity contribution in [3.05, 3.63) is 71.8 Å². The van der Waals surface area contributed by atoms with Gasteiger partial charge in [0.05, 0.1) is 18.8 Å². The summed E-state index contributed by atoms with van der Waals surface area (Å²) in [5.41, 5.74) is 6.28. The van der Waals surface area contributed by atoms with E-state index in [1.54, 1.807) is 0 Å². The van der Waals surface area contributed by atoms with Gasteiger partial charge in [-0.15, -0.1) is 0 Å². The Labute approximate surface area is 176 Å². The molecule has 1 saturated carbocycles. The number of hydrogen-bond donors (Lipinski definition) is 1. The van der Waals surface area contributed by atoms with Crippen molar-refractivity contribution in [2.75, 3.05) is 19.6 Å². The normalized spacial score (nSPS) is 16.3. The monoisotopic (exact) mass is 401 g/mol. The van der Waals surface area contributed by atoms with Gasteiger partial charge < -0.3 is 5.32 Å². The van der Waals surface area contributed by atoms with E-state index in [1.807, 2.05) is 29.2 Å². The summed E-state index contributed by atoms with van der Waals surface area (Å²) in [6.45, 7) is 3.50. The molecule has 30 heavy (non-hydrogen) atoms. The first-order valence-electron chi connectivity index (χ1n) is 10.8. The Kier molecular flexibility index (Phi) is 5.32. The minimum atomic E-state index is 0.0818. The predicted molar refractivity (Wildman–Crippen MR) is 116 cm³/mol. The number of rotatable bonds is 7. The third kappa shape index (κ3) is 4.28. The first-order valence-corrected chi connectivity index (χ1v) is 10.8. The van der Waals surface area contributed by atoms with Crippen molar-refractivity contribution in [2.24, 2.45) is 0 Å². The molecule has 2 aromatic heterocycles. The summed E-state index contributed by atoms with van der Waals surface area (Å²) in [6.07, 6.45) is 9.19. The van der Waals surface area contributed by atoms with E-state index in [0.29, 0.717) is 25.6 Å². The summed E-state index contributed by atoms with van der Waals surface area (Å²) in [6, 6.07) is 12.6. The summed E-state index contributed by atoms with van der Waals surface area (Å²) in [5.74, 6) is 0.657. The SMILES string of the molecule is O=C(CN1CCc2ccccc2C1)NCCn1cc(-c2ccncc2)c(C2CC2)n1. The third-order valence-corrected chi connectivity index (χ3v) is 5.99. The fourth-order valence-corrected chi connectivity index (χ4v) is 4.22. The molecule has 6 heteroatoms. The largest absolute Gasteiger partial charge is 0.353 e. The second-order valence-corrected chi connectivity index (χ2v) is 8.28. The van der Waals surface area contributed by atoms with Gasteiger partial charge in [0.1, 0.15) is 0 Å². The van der Waals surface area contributed by atoms with E-state index in [2.05, 4.69) is 45.7 Å². The second kappa shape index (κ2) is 8.40. The lowest BCUT2D eigenvalue weighted by molar-refractivity contribution is -0.122. The molecular weight excluding hydrogens is 374 g/mol. The quantitative estimate of drug-likeness (QED) is 0.661. The van der Waals surface area contributed by atoms with Crippen LogP contribution >= 0.6 is 0 Å². The van der Waals surface area contributed by atoms with Gasteiger partial charge in [-0.1, -0.05) is 24.3 Å². The molecule has 3 aromatic rings. The van der Waals surface area contributed by atoms with E-state index in [1.165, 1.54) is 35.2 Å². The number of amides is 1. The fraction of sp³-hybridized carbons (Fsp3) is 0.375. The number of benzene rings is 1. The number of fused-ring (bicyclic) bond motifs is 1. The van der Waals surface area contributed by atoms with Crippen molar-refractivity contribution in [3.63, 3.8) is 0 Å². The molecule has 1 aromatic carbocycles. The van der Waals surface area contributed by atoms with Crippen LogP contribution in [0.15, 0.2) is 55.0 Å². The molecule has 1 N–H and O–H groups in total. The van der Waals surface area contributed by atoms with Crippen LogP contribution in [-0.4, -0.2) is 45.2 Å². The number of pyridine rings is 1. The summed E-state index contributed by atoms with van der Waals surface area (Å²) in [5, 5.41) is 7.89. The van der Waals surface area contributed by atoms with Crippen LogP contribution in [0.2, 0.25) is 0 Å². The number of nitrogens with one attached hydrogen (secondary N) is 1. The number of hydrogen-bond acceptors (Lipinski definition) is 4. The maximum Gasteiger partial charge on any atom is 0.234 e. The van der Waals surface area contributed by atoms with Crippen LogP contribution < -0.4 is 5.32 Å². The van der Waals surface area contributed by atoms with E-state index < -0.39 is 0 Å². The van der Waals surface area contributed by atoms with Gasteiger partial charge in [0, 0.05) is 49.7 Å². The minimum Gasteiger partial charge on any atom is -0.353 e. The van der Waals surface area contributed by atoms with Gasteiger partial charge >= 0.3 is 0 Å². The van der Waals surface area contributed by atoms with Crippen molar-refractivity contribution in [2.45, 2.75) is 38.3 Å². The molecule has 5 rings (SSSR count). The molecule has 0 saturated heterocycles. The highest BCUT2D eigenvalue weighted by molar-refractivity contribution is 5.78. The maximum absolute atomic E-state index is 12.4. The third-order valence-electron chi connectivity index (χ3n) is 5.99. The number of carbonyl (C=O) groups is 1. The summed E-state index contributed by atoms with van der Waals surface area (Å²) in [7, 11) is 0. The van der Waals surface area contributed by atoms with Crippen molar-refractivity contribution in [3.8, 4) is 11.1 Å². The van der Waals surface area contributed by atoms with E-state index in [-0.39, 0.29) is 5.91 Å². The molecule has 1 aliphatic heterocycles. The van der Waals surface area contributed by atoms with Gasteiger partial charge in [-0.3, -0.25) is 19.4 Å². The standard InChI is InChI=1S/C24H27N5O/c30-23(17-28-13-9-18-3-1-2-4-21(18)15-28)26-12-14-29-16-22(19-7-10-25-11-8-19)24(27-29)20-5-6-20/h1-4,7-8,10-11,16,20H,5-6,9,12-15,17H2,(H,26,30). The molecule has 1 fully saturated rings. The average Bonchev–Trinajstić information content (AvgIpc) is 3.54. The van der Waals surface area contributed by atoms with Crippen molar-refractivity contribution in [1.82, 2.24) is 25.0 Å². The molecule has 1 amide bonds. The molecule has 0 spiro atoms. The van der Waals surface area contributed by atoms with Crippen LogP contribution in [0.4, 0.5) is 0 Å². The van der Waals surface area contributed by atoms with Crippen molar-refractivity contribution < 1.29 is 4.79 Å². The minimum absolute atomic E-state index is 0.0818. The maximum atomic E-state index is 12.4. The van der Waals surface area contributed by atoms with Crippen LogP contribution in [0.1, 0.15) is 35.6 Å². The summed E-state index contributed by atoms with van der Waals surface area (Å²) >= 11 is 0. The Balaban J connectivity index is 1.15. The number of carbonyl (C=O) groups excluding carboxylic acids is 1. The van der Waals surface area contributed by atoms with Crippen LogP contribution in [0.25, 0.3) is 11.1 Å². The highest BCUT2D eigenvalue weighted by Crippen LogP contribution is 2.43. The highest BCUT2D eigenvalue weighted by Gasteiger charge is 2.29. The summed E-state index contributed by atoms with van der Waals surface area (Å²) < 4.78 is 1.97. The van der Waals surface area contributed by atoms with E-state index >= 15 is 0 Å². The fourth-order valence-electron chi connectivity index (χ4n) is 4.22. The molecular formula is C24H27N5O. The zero-order chi connectivity index (χ0) is 20.3. The highest BCUT2D eigenvalue weighted by atomic mass is 16.2. The lowest BCUT2D eigenvalue weighted by atomic mass is 10.00. The molecule has 3 heterocycles. The topological polar surface area (TPSA) is 63.1 Å². The molecule has 154 valence electrons. The van der Waals surface area contributed by atoms with Crippen LogP contribution in [0.5, 0.6) is 0 Å². The van der Waals surface area contributed by atoms with Crippen LogP contribution in [0, 0.1) is 0 Å². The Morgan fingerprint density at radius 3 is 2.70 bits per heavy atom. The van der Waals surface area contributed by atoms with E-state index in [4.69, 9.17) is 5.10 Å². The van der Waals surface area contributed by atoms with Gasteiger partial charge in [0.15, 0.2) is 0 Å². The Morgan fingerprint density at radius 2 is 1.90 bits per heavy atom. The van der Waals surface area contributed by atoms with Gasteiger partial charge in [0.25, 0.3) is 0 Å². The van der Waals surface area contributed by atoms with Gasteiger partial charge in [-0.25, -0.2) is 0 Å². The predicted octanol–water partition coefficient (Wildman–Crippen LogP) is 3.00. The van der Waals surface area contributed by atoms with Crippen LogP contribution in [0.3, 0.4) is 0 Å². The average molecular weight is 402 g/mol. The molecule has 0 bridgehead atoms. The summed E-state index contributed by atoms with van der Waals surface area (Å²) in [4.78, 5) is 18.8. The van der Waals surface area contributed by atoms with Gasteiger partial charge in [-0.2, -0.15) is 5.10 Å². The molecule has 1 aliphatic carbocycles. The Bertz CT molecular complexity index is 1030. The zero-order valence-corrected chi connectivity index (χ0v) is 17.1. The molecule has 0 radical (unpaired) electrons. The number of aromatic nitrogens is 3. The smallest absolute Gasteiger partial charge is 0.234 e. The first-order chi connectivity index (χ1) is 14.8. The van der Waals surface area contributed by atoms with E-state index in [0.717, 1.165) is 25.1 Å². The molecule has 0 atom stereocenters. The molecule has 6 nitrogen and oxygen atoms in total. The van der Waals surface area contributed by atoms with Gasteiger partial charge in [0.2, 0.25) is 5.91 Å². The van der Waals surface area contributed by atoms with E-state index in [9.17, 15) is 4.79 Å². The van der Waals surface area contributed by atoms with Crippen molar-refractivity contribution in [1.29, 1.82) is 0 Å². The zero-order valence-electron chi connectivity index (χ0n) is 17.1. The molecule has 0 unspecified atom stereocenters. The van der Waals surface area contributed by atoms with Crippen LogP contribution in [-0.2, 0) is 24.3 Å². The second-order valence-electron chi connectivity index (χ2n) is 8.28. The Hall–Kier alpha value is -2.99. The first kappa shape index (κ1) is 19.0. The lowest BCUT2D eigenvalue weighted by Crippen LogP contribution is -2.40.